The number of carbonyl (C=O) groups excluding carboxylic acids is 1. The van der Waals surface area contributed by atoms with E-state index in [4.69, 9.17) is 4.74 Å². The maximum Gasteiger partial charge on any atom is 0.221 e. The first-order valence-corrected chi connectivity index (χ1v) is 6.38. The largest absolute Gasteiger partial charge is 0.491 e. The number of hydrogen-bond acceptors (Lipinski definition) is 3. The highest BCUT2D eigenvalue weighted by Crippen LogP contribution is 2.18. The molecular weight excluding hydrogens is 254 g/mol. The van der Waals surface area contributed by atoms with Gasteiger partial charge in [0.05, 0.1) is 0 Å². The molecule has 2 aromatic carbocycles. The molecule has 1 atom stereocenters. The number of benzene rings is 2. The molecule has 0 heterocycles. The van der Waals surface area contributed by atoms with Crippen LogP contribution >= 0.6 is 0 Å². The van der Waals surface area contributed by atoms with E-state index in [9.17, 15) is 9.90 Å². The molecule has 0 radical (unpaired) electrons. The van der Waals surface area contributed by atoms with Crippen molar-refractivity contribution >= 4 is 11.6 Å². The SMILES string of the molecule is CC(=O)Nc1ccc(OCC(O)c2ccccc2)cc1. The summed E-state index contributed by atoms with van der Waals surface area (Å²) in [5.41, 5.74) is 1.54. The Morgan fingerprint density at radius 1 is 1.15 bits per heavy atom. The summed E-state index contributed by atoms with van der Waals surface area (Å²) in [5, 5.41) is 12.7. The number of nitrogens with one attached hydrogen (secondary N) is 1. The molecule has 0 aliphatic heterocycles. The molecule has 0 aliphatic carbocycles. The summed E-state index contributed by atoms with van der Waals surface area (Å²) in [7, 11) is 0. The van der Waals surface area contributed by atoms with E-state index >= 15 is 0 Å². The lowest BCUT2D eigenvalue weighted by Crippen LogP contribution is -2.09. The van der Waals surface area contributed by atoms with E-state index in [2.05, 4.69) is 5.32 Å². The van der Waals surface area contributed by atoms with Gasteiger partial charge in [-0.1, -0.05) is 30.3 Å². The van der Waals surface area contributed by atoms with Crippen molar-refractivity contribution in [3.63, 3.8) is 0 Å². The summed E-state index contributed by atoms with van der Waals surface area (Å²) in [5.74, 6) is 0.534. The molecule has 2 N–H and O–H groups in total. The van der Waals surface area contributed by atoms with Crippen molar-refractivity contribution in [2.45, 2.75) is 13.0 Å². The molecular formula is C16H17NO3. The van der Waals surface area contributed by atoms with Gasteiger partial charge >= 0.3 is 0 Å². The van der Waals surface area contributed by atoms with Gasteiger partial charge < -0.3 is 15.2 Å². The van der Waals surface area contributed by atoms with E-state index < -0.39 is 6.10 Å². The van der Waals surface area contributed by atoms with Crippen LogP contribution in [-0.2, 0) is 4.79 Å². The van der Waals surface area contributed by atoms with E-state index in [0.29, 0.717) is 11.4 Å². The lowest BCUT2D eigenvalue weighted by atomic mass is 10.1. The Morgan fingerprint density at radius 3 is 2.40 bits per heavy atom. The topological polar surface area (TPSA) is 58.6 Å². The lowest BCUT2D eigenvalue weighted by Gasteiger charge is -2.13. The summed E-state index contributed by atoms with van der Waals surface area (Å²) in [6.07, 6.45) is -0.661. The minimum Gasteiger partial charge on any atom is -0.491 e. The Morgan fingerprint density at radius 2 is 1.80 bits per heavy atom. The van der Waals surface area contributed by atoms with Crippen LogP contribution in [0.5, 0.6) is 5.75 Å². The van der Waals surface area contributed by atoms with Gasteiger partial charge in [-0.3, -0.25) is 4.79 Å². The molecule has 20 heavy (non-hydrogen) atoms. The molecule has 104 valence electrons. The quantitative estimate of drug-likeness (QED) is 0.879. The Bertz CT molecular complexity index is 552. The number of rotatable bonds is 5. The molecule has 0 aromatic heterocycles. The fraction of sp³-hybridized carbons (Fsp3) is 0.188. The maximum atomic E-state index is 10.9. The average Bonchev–Trinajstić information content (AvgIpc) is 2.46. The monoisotopic (exact) mass is 271 g/mol. The van der Waals surface area contributed by atoms with Crippen molar-refractivity contribution < 1.29 is 14.6 Å². The van der Waals surface area contributed by atoms with E-state index in [1.807, 2.05) is 30.3 Å². The van der Waals surface area contributed by atoms with Crippen molar-refractivity contribution in [2.24, 2.45) is 0 Å². The van der Waals surface area contributed by atoms with Gasteiger partial charge in [0, 0.05) is 12.6 Å². The van der Waals surface area contributed by atoms with Gasteiger partial charge in [-0.25, -0.2) is 0 Å². The standard InChI is InChI=1S/C16H17NO3/c1-12(18)17-14-7-9-15(10-8-14)20-11-16(19)13-5-3-2-4-6-13/h2-10,16,19H,11H2,1H3,(H,17,18). The van der Waals surface area contributed by atoms with Crippen LogP contribution in [0, 0.1) is 0 Å². The number of aliphatic hydroxyl groups excluding tert-OH is 1. The molecule has 1 unspecified atom stereocenters. The second-order valence-electron chi connectivity index (χ2n) is 4.44. The van der Waals surface area contributed by atoms with Crippen molar-refractivity contribution in [1.82, 2.24) is 0 Å². The zero-order chi connectivity index (χ0) is 14.4. The highest BCUT2D eigenvalue weighted by molar-refractivity contribution is 5.88. The number of amides is 1. The molecule has 0 fully saturated rings. The van der Waals surface area contributed by atoms with Gasteiger partial charge in [0.15, 0.2) is 0 Å². The molecule has 0 bridgehead atoms. The van der Waals surface area contributed by atoms with Crippen molar-refractivity contribution in [1.29, 1.82) is 0 Å². The summed E-state index contributed by atoms with van der Waals surface area (Å²) in [6, 6.07) is 16.4. The van der Waals surface area contributed by atoms with Crippen LogP contribution in [0.4, 0.5) is 5.69 Å². The Kier molecular flexibility index (Phi) is 4.74. The summed E-state index contributed by atoms with van der Waals surface area (Å²) in [6.45, 7) is 1.64. The third-order valence-electron chi connectivity index (χ3n) is 2.77. The second kappa shape index (κ2) is 6.73. The van der Waals surface area contributed by atoms with Crippen molar-refractivity contribution in [3.8, 4) is 5.75 Å². The van der Waals surface area contributed by atoms with Crippen LogP contribution in [0.25, 0.3) is 0 Å². The molecule has 0 saturated carbocycles. The van der Waals surface area contributed by atoms with E-state index in [1.54, 1.807) is 24.3 Å². The van der Waals surface area contributed by atoms with Gasteiger partial charge in [0.25, 0.3) is 0 Å². The van der Waals surface area contributed by atoms with Gasteiger partial charge in [0.1, 0.15) is 18.5 Å². The highest BCUT2D eigenvalue weighted by Gasteiger charge is 2.07. The zero-order valence-electron chi connectivity index (χ0n) is 11.2. The lowest BCUT2D eigenvalue weighted by molar-refractivity contribution is -0.114. The molecule has 0 saturated heterocycles. The molecule has 0 spiro atoms. The van der Waals surface area contributed by atoms with Crippen molar-refractivity contribution in [2.75, 3.05) is 11.9 Å². The summed E-state index contributed by atoms with van der Waals surface area (Å²) in [4.78, 5) is 10.9. The Hall–Kier alpha value is -2.33. The molecule has 0 aliphatic rings. The smallest absolute Gasteiger partial charge is 0.221 e. The summed E-state index contributed by atoms with van der Waals surface area (Å²) >= 11 is 0. The number of carbonyl (C=O) groups is 1. The molecule has 1 amide bonds. The first kappa shape index (κ1) is 14.1. The second-order valence-corrected chi connectivity index (χ2v) is 4.44. The van der Waals surface area contributed by atoms with Crippen LogP contribution in [0.15, 0.2) is 54.6 Å². The molecule has 4 heteroatoms. The normalized spacial score (nSPS) is 11.7. The zero-order valence-corrected chi connectivity index (χ0v) is 11.2. The third-order valence-corrected chi connectivity index (χ3v) is 2.77. The van der Waals surface area contributed by atoms with Crippen LogP contribution in [0.1, 0.15) is 18.6 Å². The van der Waals surface area contributed by atoms with Crippen LogP contribution in [0.2, 0.25) is 0 Å². The predicted octanol–water partition coefficient (Wildman–Crippen LogP) is 2.76. The molecule has 4 nitrogen and oxygen atoms in total. The van der Waals surface area contributed by atoms with Crippen molar-refractivity contribution in [3.05, 3.63) is 60.2 Å². The van der Waals surface area contributed by atoms with Crippen LogP contribution in [-0.4, -0.2) is 17.6 Å². The third kappa shape index (κ3) is 4.10. The first-order valence-electron chi connectivity index (χ1n) is 6.38. The average molecular weight is 271 g/mol. The van der Waals surface area contributed by atoms with E-state index in [1.165, 1.54) is 6.92 Å². The van der Waals surface area contributed by atoms with E-state index in [0.717, 1.165) is 5.56 Å². The Balaban J connectivity index is 1.89. The van der Waals surface area contributed by atoms with Crippen LogP contribution in [0.3, 0.4) is 0 Å². The van der Waals surface area contributed by atoms with Crippen LogP contribution < -0.4 is 10.1 Å². The number of ether oxygens (including phenoxy) is 1. The Labute approximate surface area is 118 Å². The fourth-order valence-corrected chi connectivity index (χ4v) is 1.78. The van der Waals surface area contributed by atoms with Gasteiger partial charge in [-0.2, -0.15) is 0 Å². The number of anilines is 1. The van der Waals surface area contributed by atoms with Gasteiger partial charge in [-0.15, -0.1) is 0 Å². The predicted molar refractivity (Wildman–Crippen MR) is 77.6 cm³/mol. The minimum absolute atomic E-state index is 0.113. The number of aliphatic hydroxyl groups is 1. The molecule has 2 aromatic rings. The minimum atomic E-state index is -0.661. The maximum absolute atomic E-state index is 10.9. The first-order chi connectivity index (χ1) is 9.65. The van der Waals surface area contributed by atoms with Gasteiger partial charge in [-0.05, 0) is 29.8 Å². The molecule has 2 rings (SSSR count). The van der Waals surface area contributed by atoms with E-state index in [-0.39, 0.29) is 12.5 Å². The highest BCUT2D eigenvalue weighted by atomic mass is 16.5. The summed E-state index contributed by atoms with van der Waals surface area (Å²) < 4.78 is 5.52. The fourth-order valence-electron chi connectivity index (χ4n) is 1.78. The van der Waals surface area contributed by atoms with Gasteiger partial charge in [0.2, 0.25) is 5.91 Å². The number of hydrogen-bond donors (Lipinski definition) is 2.